The number of halogens is 1. The lowest BCUT2D eigenvalue weighted by Crippen LogP contribution is -2.52. The molecule has 0 bridgehead atoms. The van der Waals surface area contributed by atoms with Gasteiger partial charge in [-0.2, -0.15) is 0 Å². The van der Waals surface area contributed by atoms with Crippen LogP contribution in [0.25, 0.3) is 0 Å². The molecule has 2 rings (SSSR count). The first-order valence-corrected chi connectivity index (χ1v) is 5.63. The molecule has 0 aliphatic carbocycles. The number of pyridine rings is 1. The normalized spacial score (nSPS) is 19.2. The largest absolute Gasteiger partial charge is 0.494 e. The van der Waals surface area contributed by atoms with Crippen LogP contribution in [-0.4, -0.2) is 49.5 Å². The van der Waals surface area contributed by atoms with E-state index in [2.05, 4.69) is 15.2 Å². The van der Waals surface area contributed by atoms with Crippen LogP contribution < -0.4 is 20.7 Å². The number of aliphatic hydroxyl groups excluding tert-OH is 1. The predicted octanol–water partition coefficient (Wildman–Crippen LogP) is -0.135. The molecule has 7 heteroatoms. The number of nitrogens with two attached hydrogens (primary N) is 1. The summed E-state index contributed by atoms with van der Waals surface area (Å²) in [4.78, 5) is 6.23. The second-order valence-electron chi connectivity index (χ2n) is 4.06. The van der Waals surface area contributed by atoms with Crippen molar-refractivity contribution in [1.29, 1.82) is 0 Å². The molecule has 1 aromatic heterocycles. The topological polar surface area (TPSA) is 83.6 Å². The maximum Gasteiger partial charge on any atom is 0.147 e. The second kappa shape index (κ2) is 6.63. The highest BCUT2D eigenvalue weighted by Gasteiger charge is 2.21. The average molecular weight is 275 g/mol. The highest BCUT2D eigenvalue weighted by molar-refractivity contribution is 5.85. The zero-order chi connectivity index (χ0) is 12.3. The number of anilines is 2. The Morgan fingerprint density at radius 2 is 2.44 bits per heavy atom. The summed E-state index contributed by atoms with van der Waals surface area (Å²) >= 11 is 0. The van der Waals surface area contributed by atoms with Crippen LogP contribution in [0.4, 0.5) is 11.5 Å². The van der Waals surface area contributed by atoms with Crippen LogP contribution in [0, 0.1) is 0 Å². The molecular formula is C11H19ClN4O2. The number of nitrogen functional groups attached to an aromatic ring is 1. The first-order valence-electron chi connectivity index (χ1n) is 5.63. The van der Waals surface area contributed by atoms with Crippen LogP contribution in [0.15, 0.2) is 12.3 Å². The van der Waals surface area contributed by atoms with Crippen LogP contribution in [0.2, 0.25) is 0 Å². The van der Waals surface area contributed by atoms with Crippen LogP contribution in [0.5, 0.6) is 5.75 Å². The van der Waals surface area contributed by atoms with Crippen LogP contribution in [0.3, 0.4) is 0 Å². The van der Waals surface area contributed by atoms with Gasteiger partial charge in [0.2, 0.25) is 0 Å². The number of nitrogens with zero attached hydrogens (tertiary/aromatic N) is 2. The van der Waals surface area contributed by atoms with Gasteiger partial charge in [-0.3, -0.25) is 0 Å². The highest BCUT2D eigenvalue weighted by atomic mass is 35.5. The zero-order valence-corrected chi connectivity index (χ0v) is 11.1. The number of methoxy groups -OCH3 is 1. The fourth-order valence-electron chi connectivity index (χ4n) is 2.01. The summed E-state index contributed by atoms with van der Waals surface area (Å²) in [5.74, 6) is 1.16. The molecule has 1 aliphatic rings. The number of rotatable bonds is 3. The molecule has 4 N–H and O–H groups in total. The molecule has 1 fully saturated rings. The quantitative estimate of drug-likeness (QED) is 0.712. The SMILES string of the molecule is COc1cc(N)ncc1N1CCN[C@H](CO)C1.Cl. The first-order chi connectivity index (χ1) is 8.24. The third kappa shape index (κ3) is 3.16. The maximum atomic E-state index is 9.17. The number of ether oxygens (including phenoxy) is 1. The lowest BCUT2D eigenvalue weighted by molar-refractivity contribution is 0.235. The Morgan fingerprint density at radius 3 is 3.11 bits per heavy atom. The molecule has 0 unspecified atom stereocenters. The average Bonchev–Trinajstić information content (AvgIpc) is 2.38. The molecule has 0 saturated carbocycles. The summed E-state index contributed by atoms with van der Waals surface area (Å²) in [6.45, 7) is 2.55. The fourth-order valence-corrected chi connectivity index (χ4v) is 2.01. The Balaban J connectivity index is 0.00000162. The van der Waals surface area contributed by atoms with E-state index in [1.165, 1.54) is 0 Å². The summed E-state index contributed by atoms with van der Waals surface area (Å²) in [6.07, 6.45) is 1.72. The van der Waals surface area contributed by atoms with Crippen molar-refractivity contribution in [1.82, 2.24) is 10.3 Å². The molecule has 1 atom stereocenters. The first kappa shape index (κ1) is 14.8. The van der Waals surface area contributed by atoms with E-state index in [9.17, 15) is 5.11 Å². The Bertz CT molecular complexity index is 391. The molecule has 102 valence electrons. The summed E-state index contributed by atoms with van der Waals surface area (Å²) in [6, 6.07) is 1.80. The number of aliphatic hydroxyl groups is 1. The van der Waals surface area contributed by atoms with Gasteiger partial charge in [-0.15, -0.1) is 12.4 Å². The Hall–Kier alpha value is -1.24. The van der Waals surface area contributed by atoms with Gasteiger partial charge in [0.05, 0.1) is 25.6 Å². The number of hydrogen-bond donors (Lipinski definition) is 3. The smallest absolute Gasteiger partial charge is 0.147 e. The van der Waals surface area contributed by atoms with E-state index in [0.717, 1.165) is 31.1 Å². The molecule has 2 heterocycles. The molecule has 1 aromatic rings. The molecule has 1 aliphatic heterocycles. The number of piperazine rings is 1. The molecule has 6 nitrogen and oxygen atoms in total. The van der Waals surface area contributed by atoms with Crippen molar-refractivity contribution in [3.8, 4) is 5.75 Å². The van der Waals surface area contributed by atoms with Crippen molar-refractivity contribution in [3.05, 3.63) is 12.3 Å². The highest BCUT2D eigenvalue weighted by Crippen LogP contribution is 2.29. The molecular weight excluding hydrogens is 256 g/mol. The predicted molar refractivity (Wildman–Crippen MR) is 73.5 cm³/mol. The van der Waals surface area contributed by atoms with E-state index in [-0.39, 0.29) is 25.1 Å². The van der Waals surface area contributed by atoms with Gasteiger partial charge in [-0.1, -0.05) is 0 Å². The van der Waals surface area contributed by atoms with E-state index in [1.807, 2.05) is 0 Å². The van der Waals surface area contributed by atoms with Crippen LogP contribution >= 0.6 is 12.4 Å². The van der Waals surface area contributed by atoms with Gasteiger partial charge < -0.3 is 25.8 Å². The minimum Gasteiger partial charge on any atom is -0.494 e. The number of hydrogen-bond acceptors (Lipinski definition) is 6. The van der Waals surface area contributed by atoms with Crippen LogP contribution in [0.1, 0.15) is 0 Å². The van der Waals surface area contributed by atoms with E-state index in [0.29, 0.717) is 5.82 Å². The van der Waals surface area contributed by atoms with E-state index in [4.69, 9.17) is 10.5 Å². The monoisotopic (exact) mass is 274 g/mol. The van der Waals surface area contributed by atoms with Crippen LogP contribution in [-0.2, 0) is 0 Å². The lowest BCUT2D eigenvalue weighted by Gasteiger charge is -2.34. The van der Waals surface area contributed by atoms with Crippen molar-refractivity contribution in [2.24, 2.45) is 0 Å². The Kier molecular flexibility index (Phi) is 5.46. The summed E-state index contributed by atoms with van der Waals surface area (Å²) in [5.41, 5.74) is 6.54. The minimum absolute atomic E-state index is 0. The molecule has 0 radical (unpaired) electrons. The van der Waals surface area contributed by atoms with Gasteiger partial charge >= 0.3 is 0 Å². The third-order valence-electron chi connectivity index (χ3n) is 2.90. The van der Waals surface area contributed by atoms with Gasteiger partial charge in [0, 0.05) is 31.7 Å². The Labute approximate surface area is 113 Å². The zero-order valence-electron chi connectivity index (χ0n) is 10.3. The summed E-state index contributed by atoms with van der Waals surface area (Å²) in [5, 5.41) is 12.4. The number of aromatic nitrogens is 1. The van der Waals surface area contributed by atoms with Crippen molar-refractivity contribution in [3.63, 3.8) is 0 Å². The molecule has 0 aromatic carbocycles. The van der Waals surface area contributed by atoms with Crippen molar-refractivity contribution >= 4 is 23.9 Å². The van der Waals surface area contributed by atoms with E-state index >= 15 is 0 Å². The van der Waals surface area contributed by atoms with Gasteiger partial charge in [0.25, 0.3) is 0 Å². The Morgan fingerprint density at radius 1 is 1.67 bits per heavy atom. The van der Waals surface area contributed by atoms with Crippen molar-refractivity contribution < 1.29 is 9.84 Å². The molecule has 0 spiro atoms. The molecule has 18 heavy (non-hydrogen) atoms. The molecule has 1 saturated heterocycles. The maximum absolute atomic E-state index is 9.17. The molecule has 0 amide bonds. The van der Waals surface area contributed by atoms with Gasteiger partial charge in [-0.05, 0) is 0 Å². The second-order valence-corrected chi connectivity index (χ2v) is 4.06. The fraction of sp³-hybridized carbons (Fsp3) is 0.545. The number of nitrogens with one attached hydrogen (secondary N) is 1. The van der Waals surface area contributed by atoms with Gasteiger partial charge in [0.15, 0.2) is 0 Å². The lowest BCUT2D eigenvalue weighted by atomic mass is 10.2. The van der Waals surface area contributed by atoms with E-state index in [1.54, 1.807) is 19.4 Å². The van der Waals surface area contributed by atoms with Gasteiger partial charge in [-0.25, -0.2) is 4.98 Å². The minimum atomic E-state index is 0. The van der Waals surface area contributed by atoms with Crippen molar-refractivity contribution in [2.75, 3.05) is 44.0 Å². The third-order valence-corrected chi connectivity index (χ3v) is 2.90. The van der Waals surface area contributed by atoms with E-state index < -0.39 is 0 Å². The summed E-state index contributed by atoms with van der Waals surface area (Å²) in [7, 11) is 1.62. The standard InChI is InChI=1S/C11H18N4O2.ClH/c1-17-10-4-11(12)14-5-9(10)15-3-2-13-8(6-15)7-16;/h4-5,8,13,16H,2-3,6-7H2,1H3,(H2,12,14);1H/t8-;/m0./s1. The van der Waals surface area contributed by atoms with Gasteiger partial charge in [0.1, 0.15) is 11.6 Å². The van der Waals surface area contributed by atoms with Crippen molar-refractivity contribution in [2.45, 2.75) is 6.04 Å². The summed E-state index contributed by atoms with van der Waals surface area (Å²) < 4.78 is 5.30.